The summed E-state index contributed by atoms with van der Waals surface area (Å²) < 4.78 is 1.83. The Morgan fingerprint density at radius 1 is 1.21 bits per heavy atom. The number of carbonyl (C=O) groups excluding carboxylic acids is 1. The van der Waals surface area contributed by atoms with Crippen molar-refractivity contribution in [3.05, 3.63) is 71.7 Å². The number of carbonyl (C=O) groups is 1. The lowest BCUT2D eigenvalue weighted by atomic mass is 10.2. The highest BCUT2D eigenvalue weighted by atomic mass is 16.3. The van der Waals surface area contributed by atoms with Gasteiger partial charge in [-0.3, -0.25) is 4.79 Å². The molecule has 1 heterocycles. The van der Waals surface area contributed by atoms with Gasteiger partial charge in [0.25, 0.3) is 0 Å². The summed E-state index contributed by atoms with van der Waals surface area (Å²) >= 11 is 0. The lowest BCUT2D eigenvalue weighted by molar-refractivity contribution is -0.308. The smallest absolute Gasteiger partial charge is 0.152 e. The van der Waals surface area contributed by atoms with Crippen LogP contribution < -0.4 is 5.11 Å². The van der Waals surface area contributed by atoms with Gasteiger partial charge in [-0.25, -0.2) is 0 Å². The molecule has 1 aliphatic rings. The number of aldehydes is 1. The highest BCUT2D eigenvalue weighted by Gasteiger charge is 2.07. The average Bonchev–Trinajstić information content (AvgIpc) is 3.07. The number of aromatic nitrogens is 1. The number of allylic oxidation sites excluding steroid dienone is 6. The zero-order chi connectivity index (χ0) is 13.2. The molecular formula is C16H12NO2-. The van der Waals surface area contributed by atoms with Crippen molar-refractivity contribution in [2.24, 2.45) is 0 Å². The number of benzene rings is 1. The van der Waals surface area contributed by atoms with Gasteiger partial charge in [0.15, 0.2) is 6.29 Å². The van der Waals surface area contributed by atoms with Crippen LogP contribution in [0.4, 0.5) is 0 Å². The van der Waals surface area contributed by atoms with Crippen LogP contribution in [0.15, 0.2) is 66.1 Å². The van der Waals surface area contributed by atoms with Crippen LogP contribution in [-0.2, 0) is 6.54 Å². The van der Waals surface area contributed by atoms with E-state index in [2.05, 4.69) is 0 Å². The molecule has 0 fully saturated rings. The summed E-state index contributed by atoms with van der Waals surface area (Å²) in [6, 6.07) is 7.60. The Bertz CT molecular complexity index is 718. The van der Waals surface area contributed by atoms with Gasteiger partial charge in [-0.2, -0.15) is 0 Å². The highest BCUT2D eigenvalue weighted by molar-refractivity contribution is 5.97. The van der Waals surface area contributed by atoms with Crippen LogP contribution in [-0.4, -0.2) is 10.9 Å². The van der Waals surface area contributed by atoms with Crippen molar-refractivity contribution in [1.29, 1.82) is 0 Å². The van der Waals surface area contributed by atoms with Crippen molar-refractivity contribution in [1.82, 2.24) is 4.57 Å². The van der Waals surface area contributed by atoms with Gasteiger partial charge in [0.1, 0.15) is 0 Å². The van der Waals surface area contributed by atoms with Crippen LogP contribution >= 0.6 is 0 Å². The molecule has 0 saturated heterocycles. The van der Waals surface area contributed by atoms with Crippen LogP contribution in [0.2, 0.25) is 0 Å². The van der Waals surface area contributed by atoms with Crippen molar-refractivity contribution in [3.63, 3.8) is 0 Å². The molecule has 0 radical (unpaired) electrons. The summed E-state index contributed by atoms with van der Waals surface area (Å²) in [7, 11) is 0. The first kappa shape index (κ1) is 11.5. The molecule has 0 amide bonds. The number of nitrogens with zero attached hydrogens (tertiary/aromatic N) is 1. The molecular weight excluding hydrogens is 238 g/mol. The molecule has 3 nitrogen and oxygen atoms in total. The van der Waals surface area contributed by atoms with E-state index >= 15 is 0 Å². The fourth-order valence-electron chi connectivity index (χ4n) is 2.31. The van der Waals surface area contributed by atoms with Gasteiger partial charge < -0.3 is 9.67 Å². The number of fused-ring (bicyclic) bond motifs is 1. The number of rotatable bonds is 3. The second kappa shape index (κ2) is 4.61. The molecule has 0 unspecified atom stereocenters. The second-order valence-electron chi connectivity index (χ2n) is 4.44. The summed E-state index contributed by atoms with van der Waals surface area (Å²) in [5, 5.41) is 13.0. The minimum Gasteiger partial charge on any atom is -0.874 e. The van der Waals surface area contributed by atoms with Crippen LogP contribution in [0.1, 0.15) is 10.4 Å². The first-order valence-corrected chi connectivity index (χ1v) is 6.07. The molecule has 0 atom stereocenters. The fourth-order valence-corrected chi connectivity index (χ4v) is 2.31. The Labute approximate surface area is 110 Å². The van der Waals surface area contributed by atoms with Crippen molar-refractivity contribution in [2.75, 3.05) is 0 Å². The fraction of sp³-hybridized carbons (Fsp3) is 0.0625. The van der Waals surface area contributed by atoms with E-state index < -0.39 is 0 Å². The summed E-state index contributed by atoms with van der Waals surface area (Å²) in [6.45, 7) is 0.248. The topological polar surface area (TPSA) is 45.1 Å². The molecule has 0 bridgehead atoms. The highest BCUT2D eigenvalue weighted by Crippen LogP contribution is 2.21. The molecule has 0 spiro atoms. The van der Waals surface area contributed by atoms with Gasteiger partial charge in [-0.15, -0.1) is 5.76 Å². The van der Waals surface area contributed by atoms with E-state index in [0.29, 0.717) is 11.1 Å². The predicted molar refractivity (Wildman–Crippen MR) is 72.6 cm³/mol. The van der Waals surface area contributed by atoms with E-state index in [0.717, 1.165) is 17.2 Å². The minimum absolute atomic E-state index is 0.0446. The van der Waals surface area contributed by atoms with E-state index in [1.54, 1.807) is 18.3 Å². The van der Waals surface area contributed by atoms with Crippen molar-refractivity contribution in [3.8, 4) is 0 Å². The van der Waals surface area contributed by atoms with E-state index in [-0.39, 0.29) is 12.3 Å². The SMILES string of the molecule is O=Cc1cn(CC([O-])=C2C=CC=C2)c2ccccc12. The molecule has 0 saturated carbocycles. The Balaban J connectivity index is 2.06. The Kier molecular flexibility index (Phi) is 2.80. The molecule has 2 aromatic rings. The summed E-state index contributed by atoms with van der Waals surface area (Å²) in [5.41, 5.74) is 2.22. The first-order valence-electron chi connectivity index (χ1n) is 6.07. The van der Waals surface area contributed by atoms with Gasteiger partial charge in [0, 0.05) is 29.2 Å². The lowest BCUT2D eigenvalue weighted by Gasteiger charge is -2.16. The molecule has 0 N–H and O–H groups in total. The van der Waals surface area contributed by atoms with Crippen LogP contribution in [0.5, 0.6) is 0 Å². The molecule has 3 heteroatoms. The number of hydrogen-bond acceptors (Lipinski definition) is 2. The normalized spacial score (nSPS) is 13.4. The lowest BCUT2D eigenvalue weighted by Crippen LogP contribution is -2.13. The molecule has 1 aliphatic carbocycles. The average molecular weight is 250 g/mol. The quantitative estimate of drug-likeness (QED) is 0.619. The zero-order valence-corrected chi connectivity index (χ0v) is 10.2. The Morgan fingerprint density at radius 2 is 1.95 bits per heavy atom. The standard InChI is InChI=1S/C16H13NO2/c18-11-13-9-17(15-8-4-3-7-14(13)15)10-16(19)12-5-1-2-6-12/h1-9,11,19H,10H2/p-1. The molecule has 1 aromatic heterocycles. The third-order valence-electron chi connectivity index (χ3n) is 3.24. The minimum atomic E-state index is 0.0446. The van der Waals surface area contributed by atoms with E-state index in [1.165, 1.54) is 0 Å². The Morgan fingerprint density at radius 3 is 2.68 bits per heavy atom. The second-order valence-corrected chi connectivity index (χ2v) is 4.44. The number of para-hydroxylation sites is 1. The summed E-state index contributed by atoms with van der Waals surface area (Å²) in [5.74, 6) is 0.0446. The van der Waals surface area contributed by atoms with Crippen molar-refractivity contribution in [2.45, 2.75) is 6.54 Å². The maximum absolute atomic E-state index is 12.1. The van der Waals surface area contributed by atoms with E-state index in [4.69, 9.17) is 0 Å². The monoisotopic (exact) mass is 250 g/mol. The van der Waals surface area contributed by atoms with Crippen LogP contribution in [0.25, 0.3) is 10.9 Å². The van der Waals surface area contributed by atoms with Gasteiger partial charge >= 0.3 is 0 Å². The maximum Gasteiger partial charge on any atom is 0.152 e. The molecule has 0 aliphatic heterocycles. The van der Waals surface area contributed by atoms with E-state index in [9.17, 15) is 9.90 Å². The molecule has 19 heavy (non-hydrogen) atoms. The summed E-state index contributed by atoms with van der Waals surface area (Å²) in [4.78, 5) is 11.0. The maximum atomic E-state index is 12.1. The first-order chi connectivity index (χ1) is 9.29. The largest absolute Gasteiger partial charge is 0.874 e. The third-order valence-corrected chi connectivity index (χ3v) is 3.24. The van der Waals surface area contributed by atoms with Gasteiger partial charge in [0.2, 0.25) is 0 Å². The van der Waals surface area contributed by atoms with E-state index in [1.807, 2.05) is 41.0 Å². The van der Waals surface area contributed by atoms with Crippen molar-refractivity contribution < 1.29 is 9.90 Å². The van der Waals surface area contributed by atoms with Crippen molar-refractivity contribution >= 4 is 17.2 Å². The van der Waals surface area contributed by atoms with Crippen LogP contribution in [0, 0.1) is 0 Å². The third kappa shape index (κ3) is 1.99. The Hall–Kier alpha value is -2.55. The summed E-state index contributed by atoms with van der Waals surface area (Å²) in [6.07, 6.45) is 9.85. The van der Waals surface area contributed by atoms with Gasteiger partial charge in [0.05, 0.1) is 0 Å². The predicted octanol–water partition coefficient (Wildman–Crippen LogP) is 2.19. The molecule has 3 rings (SSSR count). The molecule has 1 aromatic carbocycles. The molecule has 94 valence electrons. The van der Waals surface area contributed by atoms with Crippen LogP contribution in [0.3, 0.4) is 0 Å². The number of hydrogen-bond donors (Lipinski definition) is 0. The van der Waals surface area contributed by atoms with Gasteiger partial charge in [-0.1, -0.05) is 42.5 Å². The zero-order valence-electron chi connectivity index (χ0n) is 10.2. The van der Waals surface area contributed by atoms with Gasteiger partial charge in [-0.05, 0) is 11.6 Å².